The van der Waals surface area contributed by atoms with E-state index in [0.717, 1.165) is 0 Å². The molecule has 0 radical (unpaired) electrons. The van der Waals surface area contributed by atoms with Crippen LogP contribution in [0.25, 0.3) is 0 Å². The second-order valence-electron chi connectivity index (χ2n) is 6.03. The molecule has 1 aromatic rings. The van der Waals surface area contributed by atoms with E-state index in [4.69, 9.17) is 21.4 Å². The Kier molecular flexibility index (Phi) is 4.52. The largest absolute Gasteiger partial charge is 0.395 e. The fourth-order valence-corrected chi connectivity index (χ4v) is 4.97. The molecule has 0 amide bonds. The number of aromatic nitrogens is 2. The average molecular weight is 362 g/mol. The number of halogens is 1. The highest BCUT2D eigenvalue weighted by molar-refractivity contribution is 7.92. The summed E-state index contributed by atoms with van der Waals surface area (Å²) < 4.78 is 29.4. The van der Waals surface area contributed by atoms with Crippen LogP contribution in [0.4, 0.5) is 5.82 Å². The third-order valence-electron chi connectivity index (χ3n) is 4.47. The van der Waals surface area contributed by atoms with Crippen molar-refractivity contribution in [3.05, 3.63) is 17.0 Å². The van der Waals surface area contributed by atoms with Gasteiger partial charge < -0.3 is 14.7 Å². The Bertz CT molecular complexity index is 693. The molecular weight excluding hydrogens is 342 g/mol. The molecule has 0 aromatic carbocycles. The highest BCUT2D eigenvalue weighted by Gasteiger charge is 2.56. The molecule has 7 nitrogen and oxygen atoms in total. The quantitative estimate of drug-likeness (QED) is 0.773. The van der Waals surface area contributed by atoms with E-state index in [2.05, 4.69) is 14.9 Å². The maximum Gasteiger partial charge on any atom is 0.224 e. The SMILES string of the molecule is C[C@H]1COCCN1c1cc(C2(S(=O)(=O)CCO)CC2)nc(Cl)n1. The monoisotopic (exact) mass is 361 g/mol. The van der Waals surface area contributed by atoms with E-state index in [0.29, 0.717) is 44.1 Å². The number of aliphatic hydroxyl groups is 1. The molecule has 9 heteroatoms. The zero-order chi connectivity index (χ0) is 16.7. The van der Waals surface area contributed by atoms with Gasteiger partial charge in [0, 0.05) is 12.6 Å². The van der Waals surface area contributed by atoms with Crippen LogP contribution in [0.2, 0.25) is 5.28 Å². The highest BCUT2D eigenvalue weighted by Crippen LogP contribution is 2.53. The minimum atomic E-state index is -3.47. The van der Waals surface area contributed by atoms with E-state index < -0.39 is 21.2 Å². The van der Waals surface area contributed by atoms with Crippen molar-refractivity contribution in [3.8, 4) is 0 Å². The van der Waals surface area contributed by atoms with Gasteiger partial charge in [0.1, 0.15) is 10.6 Å². The summed E-state index contributed by atoms with van der Waals surface area (Å²) in [6, 6.07) is 1.85. The molecule has 2 aliphatic rings. The fourth-order valence-electron chi connectivity index (χ4n) is 3.01. The summed E-state index contributed by atoms with van der Waals surface area (Å²) in [5, 5.41) is 9.07. The van der Waals surface area contributed by atoms with Crippen LogP contribution in [-0.2, 0) is 19.3 Å². The van der Waals surface area contributed by atoms with Gasteiger partial charge in [-0.2, -0.15) is 0 Å². The Morgan fingerprint density at radius 3 is 2.83 bits per heavy atom. The fraction of sp³-hybridized carbons (Fsp3) is 0.714. The molecule has 1 aliphatic carbocycles. The van der Waals surface area contributed by atoms with Gasteiger partial charge in [-0.25, -0.2) is 18.4 Å². The average Bonchev–Trinajstić information content (AvgIpc) is 3.29. The molecule has 1 saturated carbocycles. The second kappa shape index (κ2) is 6.16. The number of ether oxygens (including phenoxy) is 1. The lowest BCUT2D eigenvalue weighted by atomic mass is 10.2. The molecule has 2 heterocycles. The molecule has 1 atom stereocenters. The lowest BCUT2D eigenvalue weighted by molar-refractivity contribution is 0.0985. The zero-order valence-corrected chi connectivity index (χ0v) is 14.5. The van der Waals surface area contributed by atoms with Gasteiger partial charge in [-0.05, 0) is 31.4 Å². The maximum absolute atomic E-state index is 12.5. The maximum atomic E-state index is 12.5. The van der Waals surface area contributed by atoms with Crippen molar-refractivity contribution in [3.63, 3.8) is 0 Å². The van der Waals surface area contributed by atoms with E-state index in [1.807, 2.05) is 6.92 Å². The molecule has 128 valence electrons. The van der Waals surface area contributed by atoms with Crippen LogP contribution in [0.15, 0.2) is 6.07 Å². The standard InChI is InChI=1S/C14H20ClN3O4S/c1-10-9-22-6-4-18(10)12-8-11(16-13(15)17-12)14(2-3-14)23(20,21)7-5-19/h8,10,19H,2-7,9H2,1H3/t10-/m0/s1. The number of aliphatic hydroxyl groups excluding tert-OH is 1. The molecule has 1 N–H and O–H groups in total. The van der Waals surface area contributed by atoms with Crippen molar-refractivity contribution in [1.82, 2.24) is 9.97 Å². The van der Waals surface area contributed by atoms with E-state index in [-0.39, 0.29) is 17.1 Å². The van der Waals surface area contributed by atoms with Crippen molar-refractivity contribution < 1.29 is 18.3 Å². The van der Waals surface area contributed by atoms with Crippen molar-refractivity contribution >= 4 is 27.3 Å². The molecule has 0 spiro atoms. The number of anilines is 1. The highest BCUT2D eigenvalue weighted by atomic mass is 35.5. The van der Waals surface area contributed by atoms with Crippen LogP contribution in [0.1, 0.15) is 25.5 Å². The Labute approximate surface area is 140 Å². The second-order valence-corrected chi connectivity index (χ2v) is 8.79. The summed E-state index contributed by atoms with van der Waals surface area (Å²) in [5.41, 5.74) is 0.430. The molecule has 1 aliphatic heterocycles. The van der Waals surface area contributed by atoms with Crippen LogP contribution in [0.3, 0.4) is 0 Å². The number of rotatable bonds is 5. The van der Waals surface area contributed by atoms with Gasteiger partial charge in [0.05, 0.1) is 37.3 Å². The summed E-state index contributed by atoms with van der Waals surface area (Å²) in [4.78, 5) is 10.5. The van der Waals surface area contributed by atoms with E-state index in [9.17, 15) is 8.42 Å². The van der Waals surface area contributed by atoms with Gasteiger partial charge in [0.25, 0.3) is 0 Å². The van der Waals surface area contributed by atoms with Crippen molar-refractivity contribution in [2.45, 2.75) is 30.6 Å². The molecule has 23 heavy (non-hydrogen) atoms. The zero-order valence-electron chi connectivity index (χ0n) is 12.9. The van der Waals surface area contributed by atoms with Crippen molar-refractivity contribution in [2.75, 3.05) is 37.0 Å². The van der Waals surface area contributed by atoms with Crippen molar-refractivity contribution in [1.29, 1.82) is 0 Å². The Balaban J connectivity index is 1.98. The summed E-state index contributed by atoms with van der Waals surface area (Å²) >= 11 is 6.05. The van der Waals surface area contributed by atoms with Crippen LogP contribution >= 0.6 is 11.6 Å². The van der Waals surface area contributed by atoms with Gasteiger partial charge in [-0.1, -0.05) is 0 Å². The Hall–Kier alpha value is -0.960. The summed E-state index contributed by atoms with van der Waals surface area (Å²) in [6.45, 7) is 3.48. The Morgan fingerprint density at radius 2 is 2.22 bits per heavy atom. The smallest absolute Gasteiger partial charge is 0.224 e. The molecule has 1 saturated heterocycles. The molecule has 1 aromatic heterocycles. The van der Waals surface area contributed by atoms with Gasteiger partial charge >= 0.3 is 0 Å². The van der Waals surface area contributed by atoms with Gasteiger partial charge in [-0.15, -0.1) is 0 Å². The summed E-state index contributed by atoms with van der Waals surface area (Å²) in [5.74, 6) is 0.360. The van der Waals surface area contributed by atoms with Crippen LogP contribution in [0, 0.1) is 0 Å². The first-order valence-corrected chi connectivity index (χ1v) is 9.65. The van der Waals surface area contributed by atoms with E-state index in [1.165, 1.54) is 0 Å². The first kappa shape index (κ1) is 16.9. The number of morpholine rings is 1. The lowest BCUT2D eigenvalue weighted by Crippen LogP contribution is -2.44. The van der Waals surface area contributed by atoms with E-state index >= 15 is 0 Å². The van der Waals surface area contributed by atoms with Crippen LogP contribution in [0.5, 0.6) is 0 Å². The van der Waals surface area contributed by atoms with Gasteiger partial charge in [0.2, 0.25) is 5.28 Å². The first-order chi connectivity index (χ1) is 10.9. The summed E-state index contributed by atoms with van der Waals surface area (Å²) in [7, 11) is -3.47. The molecule has 0 bridgehead atoms. The molecule has 0 unspecified atom stereocenters. The number of sulfone groups is 1. The predicted molar refractivity (Wildman–Crippen MR) is 86.5 cm³/mol. The third-order valence-corrected chi connectivity index (χ3v) is 7.17. The predicted octanol–water partition coefficient (Wildman–Crippen LogP) is 0.751. The molecular formula is C14H20ClN3O4S. The van der Waals surface area contributed by atoms with Gasteiger partial charge in [0.15, 0.2) is 9.84 Å². The van der Waals surface area contributed by atoms with Crippen molar-refractivity contribution in [2.24, 2.45) is 0 Å². The number of hydrogen-bond acceptors (Lipinski definition) is 7. The molecule has 3 rings (SSSR count). The topological polar surface area (TPSA) is 92.6 Å². The van der Waals surface area contributed by atoms with Crippen LogP contribution < -0.4 is 4.90 Å². The lowest BCUT2D eigenvalue weighted by Gasteiger charge is -2.34. The van der Waals surface area contributed by atoms with Crippen LogP contribution in [-0.4, -0.2) is 61.7 Å². The normalized spacial score (nSPS) is 23.8. The Morgan fingerprint density at radius 1 is 1.48 bits per heavy atom. The summed E-state index contributed by atoms with van der Waals surface area (Å²) in [6.07, 6.45) is 1.00. The first-order valence-electron chi connectivity index (χ1n) is 7.62. The molecule has 2 fully saturated rings. The van der Waals surface area contributed by atoms with Gasteiger partial charge in [-0.3, -0.25) is 0 Å². The number of hydrogen-bond donors (Lipinski definition) is 1. The third kappa shape index (κ3) is 3.05. The minimum Gasteiger partial charge on any atom is -0.395 e. The van der Waals surface area contributed by atoms with E-state index in [1.54, 1.807) is 6.07 Å². The number of nitrogens with zero attached hydrogens (tertiary/aromatic N) is 3. The minimum absolute atomic E-state index is 0.0432.